The minimum atomic E-state index is -4.58. The first kappa shape index (κ1) is 19.3. The summed E-state index contributed by atoms with van der Waals surface area (Å²) in [6, 6.07) is 8.61. The highest BCUT2D eigenvalue weighted by molar-refractivity contribution is 6.33. The molecule has 3 aromatic heterocycles. The van der Waals surface area contributed by atoms with Crippen molar-refractivity contribution in [1.29, 1.82) is 0 Å². The van der Waals surface area contributed by atoms with E-state index in [9.17, 15) is 18.0 Å². The lowest BCUT2D eigenvalue weighted by Gasteiger charge is -2.10. The molecule has 0 spiro atoms. The van der Waals surface area contributed by atoms with E-state index < -0.39 is 17.6 Å². The van der Waals surface area contributed by atoms with E-state index in [-0.39, 0.29) is 16.4 Å². The van der Waals surface area contributed by atoms with Gasteiger partial charge in [-0.05, 0) is 31.0 Å². The fraction of sp³-hybridized carbons (Fsp3) is 0.200. The molecule has 0 aliphatic heterocycles. The number of aromatic amines is 1. The SMILES string of the molecule is Cc1nc2c(Cl)cc(C(F)(F)F)cn2c1C(=O)NCCc1c[nH]c2ccccc12. The van der Waals surface area contributed by atoms with Gasteiger partial charge < -0.3 is 10.3 Å². The first-order valence-corrected chi connectivity index (χ1v) is 9.22. The molecule has 0 bridgehead atoms. The number of nitrogens with one attached hydrogen (secondary N) is 2. The van der Waals surface area contributed by atoms with Gasteiger partial charge in [0, 0.05) is 29.8 Å². The van der Waals surface area contributed by atoms with Gasteiger partial charge in [0.1, 0.15) is 5.69 Å². The van der Waals surface area contributed by atoms with Crippen LogP contribution in [-0.4, -0.2) is 26.8 Å². The molecule has 0 atom stereocenters. The zero-order chi connectivity index (χ0) is 20.8. The van der Waals surface area contributed by atoms with Gasteiger partial charge in [0.2, 0.25) is 0 Å². The highest BCUT2D eigenvalue weighted by Crippen LogP contribution is 2.33. The number of benzene rings is 1. The second-order valence-corrected chi connectivity index (χ2v) is 7.09. The van der Waals surface area contributed by atoms with E-state index in [1.54, 1.807) is 6.92 Å². The summed E-state index contributed by atoms with van der Waals surface area (Å²) < 4.78 is 40.5. The molecule has 0 saturated carbocycles. The van der Waals surface area contributed by atoms with Gasteiger partial charge in [0.25, 0.3) is 5.91 Å². The average Bonchev–Trinajstić information content (AvgIpc) is 3.22. The van der Waals surface area contributed by atoms with Crippen molar-refractivity contribution < 1.29 is 18.0 Å². The Morgan fingerprint density at radius 1 is 1.31 bits per heavy atom. The van der Waals surface area contributed by atoms with E-state index in [1.807, 2.05) is 30.5 Å². The van der Waals surface area contributed by atoms with E-state index >= 15 is 0 Å². The van der Waals surface area contributed by atoms with Gasteiger partial charge in [0.15, 0.2) is 5.65 Å². The lowest BCUT2D eigenvalue weighted by molar-refractivity contribution is -0.137. The molecule has 0 radical (unpaired) electrons. The number of fused-ring (bicyclic) bond motifs is 2. The molecule has 0 fully saturated rings. The molecule has 0 unspecified atom stereocenters. The van der Waals surface area contributed by atoms with Crippen molar-refractivity contribution in [2.24, 2.45) is 0 Å². The summed E-state index contributed by atoms with van der Waals surface area (Å²) in [6.45, 7) is 1.88. The minimum Gasteiger partial charge on any atom is -0.361 e. The Hall–Kier alpha value is -3.00. The molecular formula is C20H16ClF3N4O. The predicted molar refractivity (Wildman–Crippen MR) is 104 cm³/mol. The number of carbonyl (C=O) groups excluding carboxylic acids is 1. The lowest BCUT2D eigenvalue weighted by atomic mass is 10.1. The predicted octanol–water partition coefficient (Wildman–Crippen LogP) is 4.77. The van der Waals surface area contributed by atoms with Crippen molar-refractivity contribution in [1.82, 2.24) is 19.7 Å². The molecule has 4 rings (SSSR count). The normalized spacial score (nSPS) is 12.0. The highest BCUT2D eigenvalue weighted by atomic mass is 35.5. The van der Waals surface area contributed by atoms with Crippen molar-refractivity contribution in [3.8, 4) is 0 Å². The quantitative estimate of drug-likeness (QED) is 0.499. The summed E-state index contributed by atoms with van der Waals surface area (Å²) >= 11 is 5.97. The second kappa shape index (κ2) is 7.11. The maximum Gasteiger partial charge on any atom is 0.417 e. The Bertz CT molecular complexity index is 1230. The second-order valence-electron chi connectivity index (χ2n) is 6.68. The zero-order valence-corrected chi connectivity index (χ0v) is 16.0. The summed E-state index contributed by atoms with van der Waals surface area (Å²) in [4.78, 5) is 20.0. The topological polar surface area (TPSA) is 62.2 Å². The van der Waals surface area contributed by atoms with Crippen LogP contribution in [0.2, 0.25) is 5.02 Å². The largest absolute Gasteiger partial charge is 0.417 e. The number of rotatable bonds is 4. The number of pyridine rings is 1. The monoisotopic (exact) mass is 420 g/mol. The van der Waals surface area contributed by atoms with Gasteiger partial charge in [0.05, 0.1) is 16.3 Å². The van der Waals surface area contributed by atoms with Crippen molar-refractivity contribution in [2.75, 3.05) is 6.54 Å². The van der Waals surface area contributed by atoms with E-state index in [0.717, 1.165) is 33.1 Å². The van der Waals surface area contributed by atoms with Crippen molar-refractivity contribution in [3.63, 3.8) is 0 Å². The van der Waals surface area contributed by atoms with Crippen LogP contribution in [0.5, 0.6) is 0 Å². The Kier molecular flexibility index (Phi) is 4.74. The lowest BCUT2D eigenvalue weighted by Crippen LogP contribution is -2.27. The Morgan fingerprint density at radius 2 is 2.07 bits per heavy atom. The van der Waals surface area contributed by atoms with Gasteiger partial charge in [-0.3, -0.25) is 9.20 Å². The van der Waals surface area contributed by atoms with Crippen LogP contribution in [0.4, 0.5) is 13.2 Å². The van der Waals surface area contributed by atoms with Crippen LogP contribution in [0.25, 0.3) is 16.6 Å². The van der Waals surface area contributed by atoms with Crippen LogP contribution in [-0.2, 0) is 12.6 Å². The highest BCUT2D eigenvalue weighted by Gasteiger charge is 2.32. The van der Waals surface area contributed by atoms with Crippen LogP contribution in [0.1, 0.15) is 27.3 Å². The molecular weight excluding hydrogens is 405 g/mol. The van der Waals surface area contributed by atoms with E-state index in [1.165, 1.54) is 0 Å². The number of H-pyrrole nitrogens is 1. The number of hydrogen-bond donors (Lipinski definition) is 2. The van der Waals surface area contributed by atoms with Crippen molar-refractivity contribution >= 4 is 34.1 Å². The summed E-state index contributed by atoms with van der Waals surface area (Å²) in [7, 11) is 0. The molecule has 0 aliphatic carbocycles. The third-order valence-electron chi connectivity index (χ3n) is 4.75. The van der Waals surface area contributed by atoms with E-state index in [2.05, 4.69) is 15.3 Å². The molecule has 2 N–H and O–H groups in total. The Balaban J connectivity index is 1.58. The van der Waals surface area contributed by atoms with Crippen molar-refractivity contribution in [2.45, 2.75) is 19.5 Å². The van der Waals surface area contributed by atoms with Crippen LogP contribution in [0, 0.1) is 6.92 Å². The van der Waals surface area contributed by atoms with E-state index in [4.69, 9.17) is 11.6 Å². The fourth-order valence-corrected chi connectivity index (χ4v) is 3.63. The smallest absolute Gasteiger partial charge is 0.361 e. The number of para-hydroxylation sites is 1. The molecule has 1 aromatic carbocycles. The van der Waals surface area contributed by atoms with Crippen LogP contribution in [0.3, 0.4) is 0 Å². The molecule has 5 nitrogen and oxygen atoms in total. The zero-order valence-electron chi connectivity index (χ0n) is 15.3. The molecule has 1 amide bonds. The number of aryl methyl sites for hydroxylation is 1. The van der Waals surface area contributed by atoms with Gasteiger partial charge in [-0.25, -0.2) is 4.98 Å². The summed E-state index contributed by atoms with van der Waals surface area (Å²) in [5.41, 5.74) is 1.54. The van der Waals surface area contributed by atoms with Crippen LogP contribution < -0.4 is 5.32 Å². The number of aromatic nitrogens is 3. The third kappa shape index (κ3) is 3.55. The molecule has 0 saturated heterocycles. The van der Waals surface area contributed by atoms with Crippen molar-refractivity contribution in [3.05, 3.63) is 70.3 Å². The third-order valence-corrected chi connectivity index (χ3v) is 5.02. The van der Waals surface area contributed by atoms with Crippen LogP contribution in [0.15, 0.2) is 42.7 Å². The number of imidazole rings is 1. The number of halogens is 4. The number of hydrogen-bond acceptors (Lipinski definition) is 2. The molecule has 9 heteroatoms. The maximum atomic E-state index is 13.1. The summed E-state index contributed by atoms with van der Waals surface area (Å²) in [5, 5.41) is 3.66. The number of amides is 1. The van der Waals surface area contributed by atoms with Gasteiger partial charge in [-0.2, -0.15) is 13.2 Å². The molecule has 29 heavy (non-hydrogen) atoms. The number of alkyl halides is 3. The summed E-state index contributed by atoms with van der Waals surface area (Å²) in [5.74, 6) is -0.509. The number of nitrogens with zero attached hydrogens (tertiary/aromatic N) is 2. The number of carbonyl (C=O) groups is 1. The fourth-order valence-electron chi connectivity index (χ4n) is 3.38. The first-order chi connectivity index (χ1) is 13.8. The molecule has 150 valence electrons. The Labute approximate surface area is 168 Å². The Morgan fingerprint density at radius 3 is 2.83 bits per heavy atom. The molecule has 4 aromatic rings. The molecule has 0 aliphatic rings. The van der Waals surface area contributed by atoms with E-state index in [0.29, 0.717) is 18.7 Å². The van der Waals surface area contributed by atoms with Gasteiger partial charge in [-0.15, -0.1) is 0 Å². The van der Waals surface area contributed by atoms with Crippen LogP contribution >= 0.6 is 11.6 Å². The molecule has 3 heterocycles. The average molecular weight is 421 g/mol. The first-order valence-electron chi connectivity index (χ1n) is 8.84. The standard InChI is InChI=1S/C20H16ClF3N4O/c1-11-17(28-10-13(20(22,23)24)8-15(21)18(28)27-11)19(29)25-7-6-12-9-26-16-5-3-2-4-14(12)16/h2-5,8-10,26H,6-7H2,1H3,(H,25,29). The minimum absolute atomic E-state index is 0.0342. The van der Waals surface area contributed by atoms with Gasteiger partial charge in [-0.1, -0.05) is 29.8 Å². The summed E-state index contributed by atoms with van der Waals surface area (Å²) in [6.07, 6.45) is -1.29. The maximum absolute atomic E-state index is 13.1. The van der Waals surface area contributed by atoms with Gasteiger partial charge >= 0.3 is 6.18 Å².